The highest BCUT2D eigenvalue weighted by molar-refractivity contribution is 5.78. The molecular weight excluding hydrogens is 180 g/mol. The molecule has 0 aromatic rings. The van der Waals surface area contributed by atoms with E-state index in [1.54, 1.807) is 0 Å². The van der Waals surface area contributed by atoms with E-state index in [-0.39, 0.29) is 6.54 Å². The summed E-state index contributed by atoms with van der Waals surface area (Å²) in [5.41, 5.74) is 5.33. The molecule has 1 aliphatic carbocycles. The average molecular weight is 200 g/mol. The number of nitrogens with one attached hydrogen (secondary N) is 1. The van der Waals surface area contributed by atoms with Crippen LogP contribution in [0.1, 0.15) is 33.1 Å². The zero-order chi connectivity index (χ0) is 10.8. The summed E-state index contributed by atoms with van der Waals surface area (Å²) in [6, 6.07) is 0.416. The fourth-order valence-corrected chi connectivity index (χ4v) is 1.99. The van der Waals surface area contributed by atoms with Gasteiger partial charge in [0.15, 0.2) is 0 Å². The number of hydrogen-bond acceptors (Lipinski definition) is 3. The topological polar surface area (TPSA) is 75.3 Å². The SMILES string of the molecule is CC1(C)CCC(NCC(O)C(N)=O)C1. The molecule has 1 amide bonds. The first-order valence-corrected chi connectivity index (χ1v) is 5.11. The fourth-order valence-electron chi connectivity index (χ4n) is 1.99. The van der Waals surface area contributed by atoms with E-state index in [2.05, 4.69) is 19.2 Å². The van der Waals surface area contributed by atoms with E-state index in [9.17, 15) is 9.90 Å². The molecule has 82 valence electrons. The van der Waals surface area contributed by atoms with E-state index in [1.165, 1.54) is 6.42 Å². The van der Waals surface area contributed by atoms with Crippen molar-refractivity contribution in [2.24, 2.45) is 11.1 Å². The molecule has 1 saturated carbocycles. The Balaban J connectivity index is 2.24. The number of rotatable bonds is 4. The third-order valence-corrected chi connectivity index (χ3v) is 2.90. The van der Waals surface area contributed by atoms with Crippen LogP contribution in [0, 0.1) is 5.41 Å². The molecule has 4 heteroatoms. The Morgan fingerprint density at radius 2 is 2.36 bits per heavy atom. The minimum atomic E-state index is -1.06. The van der Waals surface area contributed by atoms with E-state index >= 15 is 0 Å². The zero-order valence-electron chi connectivity index (χ0n) is 8.92. The van der Waals surface area contributed by atoms with Gasteiger partial charge in [-0.15, -0.1) is 0 Å². The molecule has 4 N–H and O–H groups in total. The summed E-state index contributed by atoms with van der Waals surface area (Å²) in [6.45, 7) is 4.74. The van der Waals surface area contributed by atoms with Crippen LogP contribution in [0.2, 0.25) is 0 Å². The monoisotopic (exact) mass is 200 g/mol. The lowest BCUT2D eigenvalue weighted by Crippen LogP contribution is -2.41. The Morgan fingerprint density at radius 3 is 2.79 bits per heavy atom. The summed E-state index contributed by atoms with van der Waals surface area (Å²) < 4.78 is 0. The number of carbonyl (C=O) groups excluding carboxylic acids is 1. The lowest BCUT2D eigenvalue weighted by Gasteiger charge is -2.18. The van der Waals surface area contributed by atoms with Gasteiger partial charge in [0.1, 0.15) is 6.10 Å². The summed E-state index contributed by atoms with van der Waals surface area (Å²) in [5, 5.41) is 12.3. The minimum Gasteiger partial charge on any atom is -0.382 e. The van der Waals surface area contributed by atoms with Crippen LogP contribution in [0.4, 0.5) is 0 Å². The molecule has 0 saturated heterocycles. The van der Waals surface area contributed by atoms with E-state index < -0.39 is 12.0 Å². The standard InChI is InChI=1S/C10H20N2O2/c1-10(2)4-3-7(5-10)12-6-8(13)9(11)14/h7-8,12-13H,3-6H2,1-2H3,(H2,11,14). The van der Waals surface area contributed by atoms with Crippen molar-refractivity contribution in [2.75, 3.05) is 6.54 Å². The van der Waals surface area contributed by atoms with Crippen LogP contribution < -0.4 is 11.1 Å². The highest BCUT2D eigenvalue weighted by Crippen LogP contribution is 2.36. The largest absolute Gasteiger partial charge is 0.382 e. The molecule has 2 atom stereocenters. The van der Waals surface area contributed by atoms with Gasteiger partial charge in [-0.1, -0.05) is 13.8 Å². The second-order valence-electron chi connectivity index (χ2n) is 4.93. The van der Waals surface area contributed by atoms with Crippen molar-refractivity contribution in [2.45, 2.75) is 45.3 Å². The fraction of sp³-hybridized carbons (Fsp3) is 0.900. The molecular formula is C10H20N2O2. The first-order valence-electron chi connectivity index (χ1n) is 5.11. The number of carbonyl (C=O) groups is 1. The van der Waals surface area contributed by atoms with Crippen molar-refractivity contribution >= 4 is 5.91 Å². The van der Waals surface area contributed by atoms with Crippen LogP contribution >= 0.6 is 0 Å². The summed E-state index contributed by atoms with van der Waals surface area (Å²) in [5.74, 6) is -0.658. The van der Waals surface area contributed by atoms with Crippen molar-refractivity contribution in [3.05, 3.63) is 0 Å². The second-order valence-corrected chi connectivity index (χ2v) is 4.93. The molecule has 4 nitrogen and oxygen atoms in total. The number of hydrogen-bond donors (Lipinski definition) is 3. The molecule has 0 aromatic heterocycles. The number of primary amides is 1. The molecule has 0 aromatic carbocycles. The number of amides is 1. The Hall–Kier alpha value is -0.610. The van der Waals surface area contributed by atoms with Crippen molar-refractivity contribution in [1.82, 2.24) is 5.32 Å². The van der Waals surface area contributed by atoms with Crippen molar-refractivity contribution in [3.63, 3.8) is 0 Å². The average Bonchev–Trinajstić information content (AvgIpc) is 2.41. The van der Waals surface area contributed by atoms with Gasteiger partial charge in [-0.25, -0.2) is 0 Å². The van der Waals surface area contributed by atoms with Gasteiger partial charge in [-0.3, -0.25) is 4.79 Å². The normalized spacial score (nSPS) is 27.5. The third kappa shape index (κ3) is 3.27. The molecule has 0 heterocycles. The molecule has 2 unspecified atom stereocenters. The minimum absolute atomic E-state index is 0.274. The summed E-state index contributed by atoms with van der Waals surface area (Å²) in [6.07, 6.45) is 2.34. The van der Waals surface area contributed by atoms with Gasteiger partial charge in [0, 0.05) is 12.6 Å². The van der Waals surface area contributed by atoms with E-state index in [0.29, 0.717) is 11.5 Å². The molecule has 1 rings (SSSR count). The lowest BCUT2D eigenvalue weighted by atomic mass is 9.92. The summed E-state index contributed by atoms with van der Waals surface area (Å²) >= 11 is 0. The smallest absolute Gasteiger partial charge is 0.247 e. The molecule has 1 aliphatic rings. The van der Waals surface area contributed by atoms with E-state index in [0.717, 1.165) is 12.8 Å². The highest BCUT2D eigenvalue weighted by Gasteiger charge is 2.30. The molecule has 14 heavy (non-hydrogen) atoms. The Morgan fingerprint density at radius 1 is 1.71 bits per heavy atom. The van der Waals surface area contributed by atoms with Crippen LogP contribution in [0.15, 0.2) is 0 Å². The third-order valence-electron chi connectivity index (χ3n) is 2.90. The molecule has 0 aliphatic heterocycles. The van der Waals surface area contributed by atoms with Crippen LogP contribution in [-0.4, -0.2) is 29.7 Å². The maximum absolute atomic E-state index is 10.6. The number of aliphatic hydroxyl groups excluding tert-OH is 1. The maximum Gasteiger partial charge on any atom is 0.247 e. The predicted octanol–water partition coefficient (Wildman–Crippen LogP) is 0.000900. The summed E-state index contributed by atoms with van der Waals surface area (Å²) in [7, 11) is 0. The Labute approximate surface area is 84.9 Å². The summed E-state index contributed by atoms with van der Waals surface area (Å²) in [4.78, 5) is 10.6. The van der Waals surface area contributed by atoms with Gasteiger partial charge in [0.2, 0.25) is 5.91 Å². The quantitative estimate of drug-likeness (QED) is 0.598. The first kappa shape index (κ1) is 11.5. The van der Waals surface area contributed by atoms with Crippen LogP contribution in [0.3, 0.4) is 0 Å². The van der Waals surface area contributed by atoms with Gasteiger partial charge in [-0.05, 0) is 24.7 Å². The number of nitrogens with two attached hydrogens (primary N) is 1. The van der Waals surface area contributed by atoms with Crippen molar-refractivity contribution in [1.29, 1.82) is 0 Å². The Bertz CT molecular complexity index is 216. The van der Waals surface area contributed by atoms with Gasteiger partial charge in [0.25, 0.3) is 0 Å². The van der Waals surface area contributed by atoms with Crippen LogP contribution in [0.5, 0.6) is 0 Å². The van der Waals surface area contributed by atoms with E-state index in [4.69, 9.17) is 5.73 Å². The number of aliphatic hydroxyl groups is 1. The second kappa shape index (κ2) is 4.28. The molecule has 0 bridgehead atoms. The van der Waals surface area contributed by atoms with E-state index in [1.807, 2.05) is 0 Å². The zero-order valence-corrected chi connectivity index (χ0v) is 8.92. The molecule has 0 spiro atoms. The molecule has 1 fully saturated rings. The Kier molecular flexibility index (Phi) is 3.50. The first-order chi connectivity index (χ1) is 6.41. The van der Waals surface area contributed by atoms with Crippen LogP contribution in [-0.2, 0) is 4.79 Å². The molecule has 0 radical (unpaired) electrons. The maximum atomic E-state index is 10.6. The van der Waals surface area contributed by atoms with Gasteiger partial charge in [-0.2, -0.15) is 0 Å². The van der Waals surface area contributed by atoms with Gasteiger partial charge in [0.05, 0.1) is 0 Å². The van der Waals surface area contributed by atoms with Gasteiger partial charge >= 0.3 is 0 Å². The van der Waals surface area contributed by atoms with Gasteiger partial charge < -0.3 is 16.2 Å². The highest BCUT2D eigenvalue weighted by atomic mass is 16.3. The predicted molar refractivity (Wildman–Crippen MR) is 54.6 cm³/mol. The van der Waals surface area contributed by atoms with Crippen molar-refractivity contribution < 1.29 is 9.90 Å². The van der Waals surface area contributed by atoms with Crippen molar-refractivity contribution in [3.8, 4) is 0 Å². The van der Waals surface area contributed by atoms with Crippen LogP contribution in [0.25, 0.3) is 0 Å². The lowest BCUT2D eigenvalue weighted by molar-refractivity contribution is -0.125.